The van der Waals surface area contributed by atoms with Crippen molar-refractivity contribution in [2.24, 2.45) is 5.92 Å². The number of aromatic nitrogens is 1. The van der Waals surface area contributed by atoms with Gasteiger partial charge in [0, 0.05) is 49.5 Å². The molecule has 26 heavy (non-hydrogen) atoms. The predicted molar refractivity (Wildman–Crippen MR) is 111 cm³/mol. The fourth-order valence-electron chi connectivity index (χ4n) is 4.30. The van der Waals surface area contributed by atoms with Gasteiger partial charge in [-0.1, -0.05) is 18.2 Å². The van der Waals surface area contributed by atoms with Gasteiger partial charge in [-0.05, 0) is 56.7 Å². The van der Waals surface area contributed by atoms with Crippen LogP contribution in [-0.2, 0) is 0 Å². The third kappa shape index (κ3) is 4.77. The summed E-state index contributed by atoms with van der Waals surface area (Å²) < 4.78 is 0. The van der Waals surface area contributed by atoms with Crippen LogP contribution in [-0.4, -0.2) is 48.6 Å². The van der Waals surface area contributed by atoms with Gasteiger partial charge < -0.3 is 10.2 Å². The zero-order valence-electron chi connectivity index (χ0n) is 15.5. The molecule has 0 atom stereocenters. The Morgan fingerprint density at radius 2 is 1.77 bits per heavy atom. The molecule has 1 aliphatic carbocycles. The molecule has 1 aliphatic heterocycles. The Hall–Kier alpha value is -1.59. The number of anilines is 2. The lowest BCUT2D eigenvalue weighted by molar-refractivity contribution is 0.218. The lowest BCUT2D eigenvalue weighted by atomic mass is 9.84. The fourth-order valence-corrected chi connectivity index (χ4v) is 4.91. The lowest BCUT2D eigenvalue weighted by Crippen LogP contribution is -2.47. The van der Waals surface area contributed by atoms with E-state index >= 15 is 0 Å². The Morgan fingerprint density at radius 1 is 1.00 bits per heavy atom. The number of thiazole rings is 1. The summed E-state index contributed by atoms with van der Waals surface area (Å²) in [4.78, 5) is 9.54. The van der Waals surface area contributed by atoms with Gasteiger partial charge in [0.2, 0.25) is 0 Å². The first-order valence-corrected chi connectivity index (χ1v) is 10.9. The second-order valence-corrected chi connectivity index (χ2v) is 8.55. The Balaban J connectivity index is 1.14. The molecule has 1 saturated carbocycles. The van der Waals surface area contributed by atoms with E-state index in [9.17, 15) is 0 Å². The van der Waals surface area contributed by atoms with Crippen LogP contribution in [0.15, 0.2) is 41.9 Å². The molecule has 2 heterocycles. The van der Waals surface area contributed by atoms with E-state index in [1.165, 1.54) is 57.4 Å². The normalized spacial score (nSPS) is 24.5. The van der Waals surface area contributed by atoms with Crippen LogP contribution < -0.4 is 10.2 Å². The average molecular weight is 371 g/mol. The molecule has 2 fully saturated rings. The molecule has 1 aromatic heterocycles. The maximum atomic E-state index is 4.35. The minimum Gasteiger partial charge on any atom is -0.369 e. The summed E-state index contributed by atoms with van der Waals surface area (Å²) in [6.07, 6.45) is 8.59. The van der Waals surface area contributed by atoms with Crippen LogP contribution in [0.3, 0.4) is 0 Å². The highest BCUT2D eigenvalue weighted by Crippen LogP contribution is 2.29. The van der Waals surface area contributed by atoms with Crippen LogP contribution in [0, 0.1) is 5.92 Å². The van der Waals surface area contributed by atoms with Gasteiger partial charge in [-0.15, -0.1) is 11.3 Å². The minimum absolute atomic E-state index is 0.631. The SMILES string of the molecule is c1ccc(N2CCN(CCC3CCC(Nc4nccs4)CC3)CC2)cc1. The molecule has 140 valence electrons. The van der Waals surface area contributed by atoms with Gasteiger partial charge >= 0.3 is 0 Å². The van der Waals surface area contributed by atoms with Crippen molar-refractivity contribution in [2.75, 3.05) is 42.9 Å². The van der Waals surface area contributed by atoms with Gasteiger partial charge in [0.15, 0.2) is 5.13 Å². The summed E-state index contributed by atoms with van der Waals surface area (Å²) in [5.74, 6) is 0.913. The van der Waals surface area contributed by atoms with Crippen molar-refractivity contribution >= 4 is 22.2 Å². The summed E-state index contributed by atoms with van der Waals surface area (Å²) in [5, 5.41) is 6.73. The Bertz CT molecular complexity index is 629. The number of para-hydroxylation sites is 1. The molecular formula is C21H30N4S. The molecule has 1 aromatic carbocycles. The zero-order chi connectivity index (χ0) is 17.6. The number of hydrogen-bond acceptors (Lipinski definition) is 5. The second kappa shape index (κ2) is 8.87. The highest BCUT2D eigenvalue weighted by Gasteiger charge is 2.23. The van der Waals surface area contributed by atoms with E-state index in [0.29, 0.717) is 6.04 Å². The van der Waals surface area contributed by atoms with Gasteiger partial charge in [0.05, 0.1) is 0 Å². The first-order chi connectivity index (χ1) is 12.9. The molecule has 2 aromatic rings. The number of hydrogen-bond donors (Lipinski definition) is 1. The molecule has 0 amide bonds. The first kappa shape index (κ1) is 17.8. The summed E-state index contributed by atoms with van der Waals surface area (Å²) in [7, 11) is 0. The Morgan fingerprint density at radius 3 is 2.46 bits per heavy atom. The molecule has 5 heteroatoms. The zero-order valence-corrected chi connectivity index (χ0v) is 16.3. The third-order valence-corrected chi connectivity index (χ3v) is 6.66. The van der Waals surface area contributed by atoms with Crippen LogP contribution in [0.4, 0.5) is 10.8 Å². The average Bonchev–Trinajstić information content (AvgIpc) is 3.22. The number of nitrogens with one attached hydrogen (secondary N) is 1. The Kier molecular flexibility index (Phi) is 6.07. The van der Waals surface area contributed by atoms with Gasteiger partial charge in [0.1, 0.15) is 0 Å². The van der Waals surface area contributed by atoms with E-state index in [4.69, 9.17) is 0 Å². The molecule has 4 nitrogen and oxygen atoms in total. The van der Waals surface area contributed by atoms with Crippen LogP contribution in [0.1, 0.15) is 32.1 Å². The van der Waals surface area contributed by atoms with Gasteiger partial charge in [-0.25, -0.2) is 4.98 Å². The van der Waals surface area contributed by atoms with E-state index in [-0.39, 0.29) is 0 Å². The summed E-state index contributed by atoms with van der Waals surface area (Å²) >= 11 is 1.71. The number of nitrogens with zero attached hydrogens (tertiary/aromatic N) is 3. The van der Waals surface area contributed by atoms with Crippen molar-refractivity contribution in [3.63, 3.8) is 0 Å². The first-order valence-electron chi connectivity index (χ1n) is 10.1. The van der Waals surface area contributed by atoms with E-state index in [2.05, 4.69) is 50.4 Å². The predicted octanol–water partition coefficient (Wildman–Crippen LogP) is 4.33. The number of piperazine rings is 1. The van der Waals surface area contributed by atoms with Gasteiger partial charge in [-0.3, -0.25) is 4.90 Å². The summed E-state index contributed by atoms with van der Waals surface area (Å²) in [6, 6.07) is 11.5. The van der Waals surface area contributed by atoms with Crippen LogP contribution in [0.5, 0.6) is 0 Å². The van der Waals surface area contributed by atoms with Gasteiger partial charge in [-0.2, -0.15) is 0 Å². The van der Waals surface area contributed by atoms with E-state index in [1.807, 2.05) is 11.6 Å². The number of benzene rings is 1. The van der Waals surface area contributed by atoms with E-state index in [1.54, 1.807) is 11.3 Å². The molecule has 0 spiro atoms. The van der Waals surface area contributed by atoms with E-state index in [0.717, 1.165) is 24.1 Å². The molecule has 4 rings (SSSR count). The van der Waals surface area contributed by atoms with Gasteiger partial charge in [0.25, 0.3) is 0 Å². The van der Waals surface area contributed by atoms with Crippen molar-refractivity contribution < 1.29 is 0 Å². The molecule has 1 N–H and O–H groups in total. The van der Waals surface area contributed by atoms with Crippen LogP contribution in [0.2, 0.25) is 0 Å². The van der Waals surface area contributed by atoms with Crippen molar-refractivity contribution in [3.8, 4) is 0 Å². The minimum atomic E-state index is 0.631. The van der Waals surface area contributed by atoms with Crippen LogP contribution in [0.25, 0.3) is 0 Å². The van der Waals surface area contributed by atoms with Crippen molar-refractivity contribution in [1.82, 2.24) is 9.88 Å². The molecule has 0 radical (unpaired) electrons. The number of rotatable bonds is 6. The smallest absolute Gasteiger partial charge is 0.182 e. The standard InChI is InChI=1S/C21H30N4S/c1-2-4-20(5-3-1)25-15-13-24(14-16-25)12-10-18-6-8-19(9-7-18)23-21-22-11-17-26-21/h1-5,11,17-19H,6-10,12-16H2,(H,22,23). The van der Waals surface area contributed by atoms with Crippen LogP contribution >= 0.6 is 11.3 Å². The maximum Gasteiger partial charge on any atom is 0.182 e. The maximum absolute atomic E-state index is 4.35. The molecule has 0 unspecified atom stereocenters. The quantitative estimate of drug-likeness (QED) is 0.820. The summed E-state index contributed by atoms with van der Waals surface area (Å²) in [6.45, 7) is 6.01. The molecule has 1 saturated heterocycles. The highest BCUT2D eigenvalue weighted by molar-refractivity contribution is 7.13. The largest absolute Gasteiger partial charge is 0.369 e. The molecule has 2 aliphatic rings. The lowest BCUT2D eigenvalue weighted by Gasteiger charge is -2.37. The second-order valence-electron chi connectivity index (χ2n) is 7.65. The highest BCUT2D eigenvalue weighted by atomic mass is 32.1. The van der Waals surface area contributed by atoms with Crippen molar-refractivity contribution in [2.45, 2.75) is 38.1 Å². The summed E-state index contributed by atoms with van der Waals surface area (Å²) in [5.41, 5.74) is 1.37. The monoisotopic (exact) mass is 370 g/mol. The third-order valence-electron chi connectivity index (χ3n) is 5.95. The Labute approximate surface area is 161 Å². The fraction of sp³-hybridized carbons (Fsp3) is 0.571. The van der Waals surface area contributed by atoms with Crippen molar-refractivity contribution in [3.05, 3.63) is 41.9 Å². The molecular weight excluding hydrogens is 340 g/mol. The van der Waals surface area contributed by atoms with Crippen molar-refractivity contribution in [1.29, 1.82) is 0 Å². The topological polar surface area (TPSA) is 31.4 Å². The molecule has 0 bridgehead atoms. The van der Waals surface area contributed by atoms with E-state index < -0.39 is 0 Å².